The topological polar surface area (TPSA) is 78.8 Å². The Balaban J connectivity index is 1.41. The lowest BCUT2D eigenvalue weighted by atomic mass is 9.41. The average molecular weight is 534 g/mol. The van der Waals surface area contributed by atoms with E-state index in [0.717, 1.165) is 32.1 Å². The van der Waals surface area contributed by atoms with Gasteiger partial charge in [0.2, 0.25) is 0 Å². The normalized spacial score (nSPS) is 43.5. The van der Waals surface area contributed by atoms with Crippen LogP contribution in [0.3, 0.4) is 0 Å². The SMILES string of the molecule is CC[C@H]1[C@@H](O)[C@@H]2[C@H](CC[C@]3(C)[C@@H]([C@H](C)CCOC(=O)NC(C(C)C)C(C)C)CC[C@@H]23)[C@@]2(C)CC[C@@H](O)C[C@@H]12. The van der Waals surface area contributed by atoms with Crippen molar-refractivity contribution in [2.45, 2.75) is 131 Å². The Morgan fingerprint density at radius 1 is 0.921 bits per heavy atom. The van der Waals surface area contributed by atoms with E-state index >= 15 is 0 Å². The van der Waals surface area contributed by atoms with Gasteiger partial charge in [-0.05, 0) is 115 Å². The highest BCUT2D eigenvalue weighted by Gasteiger charge is 2.64. The number of carbonyl (C=O) groups is 1. The molecule has 4 saturated carbocycles. The Hall–Kier alpha value is -0.810. The first-order valence-corrected chi connectivity index (χ1v) is 16.1. The van der Waals surface area contributed by atoms with Crippen molar-refractivity contribution in [3.05, 3.63) is 0 Å². The van der Waals surface area contributed by atoms with Crippen LogP contribution in [0, 0.1) is 64.1 Å². The molecule has 0 aliphatic heterocycles. The molecule has 5 heteroatoms. The van der Waals surface area contributed by atoms with E-state index in [4.69, 9.17) is 4.74 Å². The number of aliphatic hydroxyl groups excluding tert-OH is 2. The van der Waals surface area contributed by atoms with Crippen molar-refractivity contribution >= 4 is 6.09 Å². The van der Waals surface area contributed by atoms with Gasteiger partial charge in [0.15, 0.2) is 0 Å². The molecule has 0 spiro atoms. The van der Waals surface area contributed by atoms with E-state index in [-0.39, 0.29) is 35.2 Å². The third-order valence-corrected chi connectivity index (χ3v) is 12.7. The summed E-state index contributed by atoms with van der Waals surface area (Å²) in [5.41, 5.74) is 0.500. The van der Waals surface area contributed by atoms with Crippen molar-refractivity contribution in [3.63, 3.8) is 0 Å². The molecular formula is C33H59NO4. The van der Waals surface area contributed by atoms with Gasteiger partial charge in [-0.15, -0.1) is 0 Å². The summed E-state index contributed by atoms with van der Waals surface area (Å²) in [6.07, 6.45) is 9.00. The van der Waals surface area contributed by atoms with Gasteiger partial charge in [-0.1, -0.05) is 61.8 Å². The quantitative estimate of drug-likeness (QED) is 0.312. The number of rotatable bonds is 8. The summed E-state index contributed by atoms with van der Waals surface area (Å²) in [6.45, 7) is 18.7. The summed E-state index contributed by atoms with van der Waals surface area (Å²) in [7, 11) is 0. The lowest BCUT2D eigenvalue weighted by molar-refractivity contribution is -0.203. The summed E-state index contributed by atoms with van der Waals surface area (Å²) in [5.74, 6) is 4.16. The fourth-order valence-corrected chi connectivity index (χ4v) is 10.8. The van der Waals surface area contributed by atoms with Gasteiger partial charge in [0.25, 0.3) is 0 Å². The molecule has 0 radical (unpaired) electrons. The lowest BCUT2D eigenvalue weighted by Crippen LogP contribution is -2.62. The van der Waals surface area contributed by atoms with Crippen LogP contribution >= 0.6 is 0 Å². The first kappa shape index (κ1) is 30.2. The van der Waals surface area contributed by atoms with Gasteiger partial charge in [0.05, 0.1) is 18.8 Å². The monoisotopic (exact) mass is 533 g/mol. The molecule has 5 nitrogen and oxygen atoms in total. The Labute approximate surface area is 233 Å². The molecule has 0 saturated heterocycles. The molecule has 4 aliphatic carbocycles. The fourth-order valence-electron chi connectivity index (χ4n) is 10.8. The molecular weight excluding hydrogens is 474 g/mol. The van der Waals surface area contributed by atoms with Gasteiger partial charge in [0.1, 0.15) is 0 Å². The van der Waals surface area contributed by atoms with Crippen LogP contribution in [0.5, 0.6) is 0 Å². The molecule has 0 aromatic heterocycles. The van der Waals surface area contributed by atoms with E-state index in [1.807, 2.05) is 0 Å². The molecule has 0 aromatic rings. The van der Waals surface area contributed by atoms with E-state index in [2.05, 4.69) is 60.7 Å². The summed E-state index contributed by atoms with van der Waals surface area (Å²) in [6, 6.07) is 0.132. The molecule has 0 unspecified atom stereocenters. The number of hydrogen-bond donors (Lipinski definition) is 3. The number of fused-ring (bicyclic) bond motifs is 5. The number of amides is 1. The average Bonchev–Trinajstić information content (AvgIpc) is 3.20. The van der Waals surface area contributed by atoms with Crippen molar-refractivity contribution in [3.8, 4) is 0 Å². The van der Waals surface area contributed by atoms with E-state index < -0.39 is 0 Å². The minimum absolute atomic E-state index is 0.132. The minimum atomic E-state index is -0.281. The van der Waals surface area contributed by atoms with Crippen LogP contribution < -0.4 is 5.32 Å². The predicted molar refractivity (Wildman–Crippen MR) is 154 cm³/mol. The summed E-state index contributed by atoms with van der Waals surface area (Å²) in [5, 5.41) is 25.5. The second-order valence-electron chi connectivity index (χ2n) is 15.2. The van der Waals surface area contributed by atoms with Gasteiger partial charge in [0, 0.05) is 6.04 Å². The Morgan fingerprint density at radius 2 is 1.55 bits per heavy atom. The van der Waals surface area contributed by atoms with Crippen LogP contribution in [0.1, 0.15) is 113 Å². The molecule has 11 atom stereocenters. The second-order valence-corrected chi connectivity index (χ2v) is 15.2. The second kappa shape index (κ2) is 11.6. The van der Waals surface area contributed by atoms with Crippen molar-refractivity contribution < 1.29 is 19.7 Å². The Kier molecular flexibility index (Phi) is 9.20. The first-order valence-electron chi connectivity index (χ1n) is 16.1. The smallest absolute Gasteiger partial charge is 0.407 e. The molecule has 38 heavy (non-hydrogen) atoms. The predicted octanol–water partition coefficient (Wildman–Crippen LogP) is 7.05. The number of ether oxygens (including phenoxy) is 1. The van der Waals surface area contributed by atoms with Gasteiger partial charge in [-0.3, -0.25) is 0 Å². The molecule has 4 fully saturated rings. The largest absolute Gasteiger partial charge is 0.450 e. The molecule has 0 aromatic carbocycles. The Bertz CT molecular complexity index is 807. The highest BCUT2D eigenvalue weighted by Crippen LogP contribution is 2.69. The zero-order chi connectivity index (χ0) is 28.0. The number of aliphatic hydroxyl groups is 2. The van der Waals surface area contributed by atoms with Crippen LogP contribution in [-0.2, 0) is 4.74 Å². The molecule has 0 heterocycles. The standard InChI is InChI=1S/C33H59NO4/c1-9-23-27-18-22(35)12-15-33(27,8)26-13-16-32(7)24(10-11-25(32)28(26)30(23)36)21(6)14-17-38-31(37)34-29(19(2)3)20(4)5/h19-30,35-36H,9-18H2,1-8H3,(H,34,37)/t21-,22-,23-,24-,25+,26+,27+,28+,30-,32-,33-/m1/s1. The third kappa shape index (κ3) is 5.29. The highest BCUT2D eigenvalue weighted by molar-refractivity contribution is 5.67. The lowest BCUT2D eigenvalue weighted by Gasteiger charge is -2.64. The number of nitrogens with one attached hydrogen (secondary N) is 1. The number of carbonyl (C=O) groups excluding carboxylic acids is 1. The molecule has 3 N–H and O–H groups in total. The summed E-state index contributed by atoms with van der Waals surface area (Å²) < 4.78 is 5.67. The fraction of sp³-hybridized carbons (Fsp3) is 0.970. The molecule has 220 valence electrons. The molecule has 4 aliphatic rings. The summed E-state index contributed by atoms with van der Waals surface area (Å²) >= 11 is 0. The number of alkyl carbamates (subject to hydrolysis) is 1. The Morgan fingerprint density at radius 3 is 2.18 bits per heavy atom. The van der Waals surface area contributed by atoms with E-state index in [1.165, 1.54) is 25.7 Å². The van der Waals surface area contributed by atoms with Crippen LogP contribution in [-0.4, -0.2) is 41.2 Å². The van der Waals surface area contributed by atoms with Gasteiger partial charge < -0.3 is 20.3 Å². The van der Waals surface area contributed by atoms with Crippen molar-refractivity contribution in [1.82, 2.24) is 5.32 Å². The van der Waals surface area contributed by atoms with Gasteiger partial charge in [-0.25, -0.2) is 4.79 Å². The molecule has 1 amide bonds. The van der Waals surface area contributed by atoms with Crippen molar-refractivity contribution in [2.75, 3.05) is 6.61 Å². The maximum Gasteiger partial charge on any atom is 0.407 e. The number of hydrogen-bond acceptors (Lipinski definition) is 4. The maximum absolute atomic E-state index is 12.5. The third-order valence-electron chi connectivity index (χ3n) is 12.7. The van der Waals surface area contributed by atoms with Crippen LogP contribution in [0.15, 0.2) is 0 Å². The van der Waals surface area contributed by atoms with Gasteiger partial charge >= 0.3 is 6.09 Å². The van der Waals surface area contributed by atoms with E-state index in [9.17, 15) is 15.0 Å². The minimum Gasteiger partial charge on any atom is -0.450 e. The van der Waals surface area contributed by atoms with E-state index in [0.29, 0.717) is 59.9 Å². The first-order chi connectivity index (χ1) is 17.8. The zero-order valence-electron chi connectivity index (χ0n) is 25.7. The molecule has 0 bridgehead atoms. The van der Waals surface area contributed by atoms with Crippen molar-refractivity contribution in [2.24, 2.45) is 64.1 Å². The van der Waals surface area contributed by atoms with Crippen LogP contribution in [0.2, 0.25) is 0 Å². The maximum atomic E-state index is 12.5. The van der Waals surface area contributed by atoms with Crippen LogP contribution in [0.25, 0.3) is 0 Å². The zero-order valence-corrected chi connectivity index (χ0v) is 25.7. The highest BCUT2D eigenvalue weighted by atomic mass is 16.5. The van der Waals surface area contributed by atoms with Crippen LogP contribution in [0.4, 0.5) is 4.79 Å². The van der Waals surface area contributed by atoms with Gasteiger partial charge in [-0.2, -0.15) is 0 Å². The molecule has 4 rings (SSSR count). The van der Waals surface area contributed by atoms with Crippen molar-refractivity contribution in [1.29, 1.82) is 0 Å². The van der Waals surface area contributed by atoms with E-state index in [1.54, 1.807) is 0 Å². The summed E-state index contributed by atoms with van der Waals surface area (Å²) in [4.78, 5) is 12.5.